The average Bonchev–Trinajstić information content (AvgIpc) is 3.03. The Hall–Kier alpha value is -2.62. The molecule has 31 heavy (non-hydrogen) atoms. The van der Waals surface area contributed by atoms with Crippen LogP contribution < -0.4 is 0 Å². The molecule has 2 aromatic rings. The van der Waals surface area contributed by atoms with Gasteiger partial charge < -0.3 is 5.11 Å². The van der Waals surface area contributed by atoms with Crippen LogP contribution in [-0.2, 0) is 12.8 Å². The summed E-state index contributed by atoms with van der Waals surface area (Å²) in [5.74, 6) is 2.19. The van der Waals surface area contributed by atoms with Gasteiger partial charge in [0.25, 0.3) is 0 Å². The average molecular weight is 411 g/mol. The van der Waals surface area contributed by atoms with Crippen LogP contribution in [0.1, 0.15) is 67.7 Å². The maximum atomic E-state index is 12.0. The van der Waals surface area contributed by atoms with Crippen molar-refractivity contribution in [2.75, 3.05) is 0 Å². The number of hydrogen-bond acceptors (Lipinski definition) is 2. The molecule has 2 fully saturated rings. The van der Waals surface area contributed by atoms with E-state index in [0.717, 1.165) is 43.4 Å². The van der Waals surface area contributed by atoms with Crippen LogP contribution in [0.5, 0.6) is 0 Å². The van der Waals surface area contributed by atoms with Crippen LogP contribution >= 0.6 is 0 Å². The van der Waals surface area contributed by atoms with Crippen molar-refractivity contribution in [2.24, 2.45) is 23.2 Å². The molecule has 0 radical (unpaired) electrons. The summed E-state index contributed by atoms with van der Waals surface area (Å²) in [5, 5.41) is 21.1. The molecule has 2 aromatic carbocycles. The Labute approximate surface area is 185 Å². The third-order valence-electron chi connectivity index (χ3n) is 9.03. The first-order chi connectivity index (χ1) is 14.9. The number of fused-ring (bicyclic) bond motifs is 5. The molecule has 0 heterocycles. The SMILES string of the molecule is [C-]#[N+]c1ccc2c(c1)CCC1C2[C@@H](C)C[C@@]2(C)C1CC[C@@]2(O)Cc1ccc(C#N)cc1. The van der Waals surface area contributed by atoms with Crippen LogP contribution in [0, 0.1) is 41.1 Å². The van der Waals surface area contributed by atoms with Crippen molar-refractivity contribution < 1.29 is 5.11 Å². The highest BCUT2D eigenvalue weighted by atomic mass is 16.3. The molecule has 158 valence electrons. The van der Waals surface area contributed by atoms with Gasteiger partial charge in [0.05, 0.1) is 23.8 Å². The highest BCUT2D eigenvalue weighted by Gasteiger charge is 2.62. The fourth-order valence-corrected chi connectivity index (χ4v) is 7.61. The summed E-state index contributed by atoms with van der Waals surface area (Å²) in [5.41, 5.74) is 4.59. The number of rotatable bonds is 2. The minimum absolute atomic E-state index is 0.0879. The molecular formula is C28H30N2O. The molecule has 0 saturated heterocycles. The Kier molecular flexibility index (Phi) is 4.72. The first-order valence-corrected chi connectivity index (χ1v) is 11.6. The third-order valence-corrected chi connectivity index (χ3v) is 9.03. The molecule has 5 rings (SSSR count). The summed E-state index contributed by atoms with van der Waals surface area (Å²) in [6, 6.07) is 16.2. The van der Waals surface area contributed by atoms with E-state index in [2.05, 4.69) is 36.9 Å². The van der Waals surface area contributed by atoms with Crippen molar-refractivity contribution >= 4 is 5.69 Å². The monoisotopic (exact) mass is 410 g/mol. The van der Waals surface area contributed by atoms with Gasteiger partial charge in [-0.3, -0.25) is 0 Å². The van der Waals surface area contributed by atoms with E-state index >= 15 is 0 Å². The fraction of sp³-hybridized carbons (Fsp3) is 0.500. The largest absolute Gasteiger partial charge is 0.389 e. The molecule has 3 aliphatic carbocycles. The van der Waals surface area contributed by atoms with Crippen molar-refractivity contribution in [3.05, 3.63) is 76.1 Å². The van der Waals surface area contributed by atoms with Crippen LogP contribution in [0.4, 0.5) is 5.69 Å². The van der Waals surface area contributed by atoms with Gasteiger partial charge in [-0.25, -0.2) is 4.85 Å². The van der Waals surface area contributed by atoms with Gasteiger partial charge in [-0.05, 0) is 79.0 Å². The van der Waals surface area contributed by atoms with E-state index in [9.17, 15) is 5.11 Å². The topological polar surface area (TPSA) is 48.4 Å². The maximum Gasteiger partial charge on any atom is 0.187 e. The van der Waals surface area contributed by atoms with Gasteiger partial charge in [0, 0.05) is 11.8 Å². The van der Waals surface area contributed by atoms with E-state index in [0.29, 0.717) is 35.7 Å². The van der Waals surface area contributed by atoms with E-state index < -0.39 is 5.60 Å². The van der Waals surface area contributed by atoms with E-state index in [1.54, 1.807) is 0 Å². The van der Waals surface area contributed by atoms with Crippen LogP contribution in [0.15, 0.2) is 42.5 Å². The lowest BCUT2D eigenvalue weighted by Gasteiger charge is -2.56. The van der Waals surface area contributed by atoms with Crippen LogP contribution in [0.25, 0.3) is 4.85 Å². The fourth-order valence-electron chi connectivity index (χ4n) is 7.61. The maximum absolute atomic E-state index is 12.0. The van der Waals surface area contributed by atoms with E-state index in [1.807, 2.05) is 30.3 Å². The van der Waals surface area contributed by atoms with Crippen molar-refractivity contribution in [2.45, 2.75) is 63.9 Å². The van der Waals surface area contributed by atoms with Gasteiger partial charge in [0.2, 0.25) is 0 Å². The van der Waals surface area contributed by atoms with Crippen LogP contribution in [-0.4, -0.2) is 10.7 Å². The number of nitrogens with zero attached hydrogens (tertiary/aromatic N) is 2. The summed E-state index contributed by atoms with van der Waals surface area (Å²) in [6.45, 7) is 12.1. The second-order valence-electron chi connectivity index (χ2n) is 10.5. The van der Waals surface area contributed by atoms with Gasteiger partial charge in [0.1, 0.15) is 0 Å². The molecule has 3 unspecified atom stereocenters. The molecular weight excluding hydrogens is 380 g/mol. The quantitative estimate of drug-likeness (QED) is 0.601. The Morgan fingerprint density at radius 3 is 2.68 bits per heavy atom. The van der Waals surface area contributed by atoms with Crippen LogP contribution in [0.3, 0.4) is 0 Å². The predicted molar refractivity (Wildman–Crippen MR) is 122 cm³/mol. The molecule has 1 N–H and O–H groups in total. The third kappa shape index (κ3) is 3.02. The highest BCUT2D eigenvalue weighted by Crippen LogP contribution is 2.66. The molecule has 2 saturated carbocycles. The lowest BCUT2D eigenvalue weighted by molar-refractivity contribution is -0.115. The van der Waals surface area contributed by atoms with Crippen molar-refractivity contribution in [1.29, 1.82) is 5.26 Å². The molecule has 0 aromatic heterocycles. The molecule has 0 aliphatic heterocycles. The van der Waals surface area contributed by atoms with Gasteiger partial charge in [-0.2, -0.15) is 5.26 Å². The Morgan fingerprint density at radius 2 is 1.97 bits per heavy atom. The van der Waals surface area contributed by atoms with E-state index in [4.69, 9.17) is 11.8 Å². The number of nitriles is 1. The minimum Gasteiger partial charge on any atom is -0.389 e. The second-order valence-corrected chi connectivity index (χ2v) is 10.5. The normalized spacial score (nSPS) is 35.9. The zero-order valence-corrected chi connectivity index (χ0v) is 18.4. The van der Waals surface area contributed by atoms with Crippen molar-refractivity contribution in [1.82, 2.24) is 0 Å². The summed E-state index contributed by atoms with van der Waals surface area (Å²) >= 11 is 0. The predicted octanol–water partition coefficient (Wildman–Crippen LogP) is 6.18. The van der Waals surface area contributed by atoms with E-state index in [-0.39, 0.29) is 5.41 Å². The Bertz CT molecular complexity index is 1090. The summed E-state index contributed by atoms with van der Waals surface area (Å²) in [7, 11) is 0. The Morgan fingerprint density at radius 1 is 1.19 bits per heavy atom. The first-order valence-electron chi connectivity index (χ1n) is 11.6. The molecule has 0 spiro atoms. The smallest absolute Gasteiger partial charge is 0.187 e. The van der Waals surface area contributed by atoms with Crippen molar-refractivity contribution in [3.8, 4) is 6.07 Å². The molecule has 0 bridgehead atoms. The summed E-state index contributed by atoms with van der Waals surface area (Å²) < 4.78 is 0. The lowest BCUT2D eigenvalue weighted by Crippen LogP contribution is -2.54. The molecule has 6 atom stereocenters. The zero-order valence-electron chi connectivity index (χ0n) is 18.4. The number of aliphatic hydroxyl groups is 1. The molecule has 3 aliphatic rings. The lowest BCUT2D eigenvalue weighted by atomic mass is 9.50. The highest BCUT2D eigenvalue weighted by molar-refractivity contribution is 5.51. The molecule has 3 nitrogen and oxygen atoms in total. The minimum atomic E-state index is -0.695. The molecule has 0 amide bonds. The van der Waals surface area contributed by atoms with Crippen molar-refractivity contribution in [3.63, 3.8) is 0 Å². The Balaban J connectivity index is 1.46. The summed E-state index contributed by atoms with van der Waals surface area (Å²) in [4.78, 5) is 3.63. The van der Waals surface area contributed by atoms with E-state index in [1.165, 1.54) is 11.1 Å². The summed E-state index contributed by atoms with van der Waals surface area (Å²) in [6.07, 6.45) is 5.86. The van der Waals surface area contributed by atoms with Crippen LogP contribution in [0.2, 0.25) is 0 Å². The second kappa shape index (κ2) is 7.22. The number of benzene rings is 2. The van der Waals surface area contributed by atoms with Gasteiger partial charge in [-0.1, -0.05) is 49.7 Å². The number of hydrogen-bond donors (Lipinski definition) is 1. The first kappa shape index (κ1) is 20.3. The van der Waals surface area contributed by atoms with Gasteiger partial charge in [-0.15, -0.1) is 0 Å². The number of aryl methyl sites for hydroxylation is 1. The standard InChI is InChI=1S/C28H30N2O/c1-18-15-27(2)25(12-13-28(27,31)16-19-4-6-20(17-29)7-5-19)24-10-8-21-14-22(30-3)9-11-23(21)26(18)24/h4-7,9,11,14,18,24-26,31H,8,10,12-13,15-16H2,1-2H3/t18-,24?,25?,26?,27-,28+/m0/s1. The molecule has 3 heteroatoms. The zero-order chi connectivity index (χ0) is 21.8. The van der Waals surface area contributed by atoms with Gasteiger partial charge >= 0.3 is 0 Å². The van der Waals surface area contributed by atoms with Gasteiger partial charge in [0.15, 0.2) is 5.69 Å².